The van der Waals surface area contributed by atoms with Crippen LogP contribution in [0.2, 0.25) is 0 Å². The molecule has 0 saturated heterocycles. The predicted molar refractivity (Wildman–Crippen MR) is 97.3 cm³/mol. The van der Waals surface area contributed by atoms with Gasteiger partial charge >= 0.3 is 5.97 Å². The van der Waals surface area contributed by atoms with Crippen molar-refractivity contribution in [1.82, 2.24) is 4.98 Å². The summed E-state index contributed by atoms with van der Waals surface area (Å²) in [7, 11) is 0. The number of hydrogen-bond donors (Lipinski definition) is 2. The maximum Gasteiger partial charge on any atom is 0.307 e. The van der Waals surface area contributed by atoms with Gasteiger partial charge in [0.1, 0.15) is 10.8 Å². The number of nitrogens with zero attached hydrogens (tertiary/aromatic N) is 1. The minimum absolute atomic E-state index is 0.0984. The third kappa shape index (κ3) is 3.31. The van der Waals surface area contributed by atoms with E-state index >= 15 is 0 Å². The number of hydrogen-bond acceptors (Lipinski definition) is 4. The summed E-state index contributed by atoms with van der Waals surface area (Å²) < 4.78 is 1.03. The van der Waals surface area contributed by atoms with Crippen molar-refractivity contribution in [3.05, 3.63) is 58.1 Å². The van der Waals surface area contributed by atoms with E-state index in [-0.39, 0.29) is 12.2 Å². The van der Waals surface area contributed by atoms with E-state index in [1.807, 2.05) is 56.3 Å². The Bertz CT molecular complexity index is 900. The van der Waals surface area contributed by atoms with Gasteiger partial charge < -0.3 is 10.2 Å². The third-order valence-electron chi connectivity index (χ3n) is 3.76. The van der Waals surface area contributed by atoms with E-state index in [4.69, 9.17) is 0 Å². The molecule has 0 fully saturated rings. The summed E-state index contributed by atoms with van der Waals surface area (Å²) in [4.78, 5) is 15.8. The van der Waals surface area contributed by atoms with Crippen molar-refractivity contribution >= 4 is 39.2 Å². The lowest BCUT2D eigenvalue weighted by molar-refractivity contribution is -0.135. The average Bonchev–Trinajstić information content (AvgIpc) is 2.95. The molecule has 0 radical (unpaired) electrons. The largest absolute Gasteiger partial charge is 0.507 e. The van der Waals surface area contributed by atoms with Crippen LogP contribution in [-0.2, 0) is 4.79 Å². The summed E-state index contributed by atoms with van der Waals surface area (Å²) >= 11 is 1.49. The maximum atomic E-state index is 11.3. The van der Waals surface area contributed by atoms with Gasteiger partial charge in [-0.3, -0.25) is 4.79 Å². The highest BCUT2D eigenvalue weighted by molar-refractivity contribution is 7.19. The lowest BCUT2D eigenvalue weighted by Crippen LogP contribution is -1.97. The molecule has 4 nitrogen and oxygen atoms in total. The lowest BCUT2D eigenvalue weighted by atomic mass is 10.0. The van der Waals surface area contributed by atoms with Gasteiger partial charge in [0.2, 0.25) is 0 Å². The second-order valence-corrected chi connectivity index (χ2v) is 6.76. The zero-order valence-electron chi connectivity index (χ0n) is 13.4. The molecule has 0 aliphatic heterocycles. The number of aromatic nitrogens is 1. The molecule has 0 saturated carbocycles. The van der Waals surface area contributed by atoms with Gasteiger partial charge in [0.05, 0.1) is 16.6 Å². The van der Waals surface area contributed by atoms with Crippen LogP contribution < -0.4 is 0 Å². The number of carboxylic acids is 1. The number of fused-ring (bicyclic) bond motifs is 1. The van der Waals surface area contributed by atoms with Crippen LogP contribution in [0.4, 0.5) is 0 Å². The van der Waals surface area contributed by atoms with Crippen LogP contribution in [-0.4, -0.2) is 21.2 Å². The second kappa shape index (κ2) is 6.45. The average molecular weight is 339 g/mol. The van der Waals surface area contributed by atoms with Gasteiger partial charge in [0.15, 0.2) is 0 Å². The highest BCUT2D eigenvalue weighted by Gasteiger charge is 2.13. The molecule has 3 rings (SSSR count). The molecular weight excluding hydrogens is 322 g/mol. The quantitative estimate of drug-likeness (QED) is 0.727. The van der Waals surface area contributed by atoms with Gasteiger partial charge in [-0.15, -0.1) is 11.3 Å². The summed E-state index contributed by atoms with van der Waals surface area (Å²) in [5.74, 6) is -0.625. The highest BCUT2D eigenvalue weighted by atomic mass is 32.1. The standard InChI is InChI=1S/C19H17NO3S/c1-11-7-13(8-12(2)18(11)23)9-14(10-17(21)22)19-20-15-5-3-4-6-16(15)24-19/h3-9,23H,10H2,1-2H3,(H,21,22)/b14-9+. The van der Waals surface area contributed by atoms with Gasteiger partial charge in [0, 0.05) is 0 Å². The fourth-order valence-corrected chi connectivity index (χ4v) is 3.61. The van der Waals surface area contributed by atoms with Crippen molar-refractivity contribution in [2.45, 2.75) is 20.3 Å². The molecule has 1 aromatic heterocycles. The van der Waals surface area contributed by atoms with E-state index in [2.05, 4.69) is 4.98 Å². The van der Waals surface area contributed by atoms with Crippen molar-refractivity contribution in [1.29, 1.82) is 0 Å². The van der Waals surface area contributed by atoms with Gasteiger partial charge in [-0.05, 0) is 66.5 Å². The first-order valence-electron chi connectivity index (χ1n) is 7.52. The fourth-order valence-electron chi connectivity index (χ4n) is 2.63. The number of aromatic hydroxyl groups is 1. The van der Waals surface area contributed by atoms with E-state index in [1.54, 1.807) is 0 Å². The summed E-state index contributed by atoms with van der Waals surface area (Å²) in [6.07, 6.45) is 1.74. The second-order valence-electron chi connectivity index (χ2n) is 5.73. The Morgan fingerprint density at radius 2 is 1.88 bits per heavy atom. The lowest BCUT2D eigenvalue weighted by Gasteiger charge is -2.07. The topological polar surface area (TPSA) is 70.4 Å². The van der Waals surface area contributed by atoms with Crippen LogP contribution >= 0.6 is 11.3 Å². The van der Waals surface area contributed by atoms with E-state index in [1.165, 1.54) is 11.3 Å². The number of aryl methyl sites for hydroxylation is 2. The van der Waals surface area contributed by atoms with Crippen molar-refractivity contribution in [3.8, 4) is 5.75 Å². The van der Waals surface area contributed by atoms with Crippen molar-refractivity contribution in [3.63, 3.8) is 0 Å². The molecule has 0 atom stereocenters. The Labute approximate surface area is 143 Å². The Morgan fingerprint density at radius 3 is 2.50 bits per heavy atom. The zero-order valence-corrected chi connectivity index (χ0v) is 14.2. The molecule has 3 aromatic rings. The van der Waals surface area contributed by atoms with Crippen LogP contribution in [0.1, 0.15) is 28.1 Å². The molecule has 0 aliphatic rings. The van der Waals surface area contributed by atoms with E-state index < -0.39 is 5.97 Å². The molecule has 122 valence electrons. The normalized spacial score (nSPS) is 11.8. The predicted octanol–water partition coefficient (Wildman–Crippen LogP) is 4.63. The van der Waals surface area contributed by atoms with Crippen LogP contribution in [0, 0.1) is 13.8 Å². The Kier molecular flexibility index (Phi) is 4.36. The van der Waals surface area contributed by atoms with Gasteiger partial charge in [0.25, 0.3) is 0 Å². The molecule has 0 amide bonds. The first-order valence-corrected chi connectivity index (χ1v) is 8.34. The SMILES string of the molecule is Cc1cc(/C=C(\CC(=O)O)c2nc3ccccc3s2)cc(C)c1O. The van der Waals surface area contributed by atoms with Gasteiger partial charge in [-0.1, -0.05) is 12.1 Å². The zero-order chi connectivity index (χ0) is 17.3. The fraction of sp³-hybridized carbons (Fsp3) is 0.158. The summed E-state index contributed by atoms with van der Waals surface area (Å²) in [5, 5.41) is 19.9. The molecule has 2 aromatic carbocycles. The Balaban J connectivity index is 2.10. The number of aliphatic carboxylic acids is 1. The van der Waals surface area contributed by atoms with Crippen LogP contribution in [0.3, 0.4) is 0 Å². The summed E-state index contributed by atoms with van der Waals surface area (Å²) in [6.45, 7) is 3.66. The molecule has 5 heteroatoms. The first kappa shape index (κ1) is 16.2. The molecular formula is C19H17NO3S. The molecule has 2 N–H and O–H groups in total. The van der Waals surface area contributed by atoms with Gasteiger partial charge in [-0.2, -0.15) is 0 Å². The number of benzene rings is 2. The number of phenols is 1. The van der Waals surface area contributed by atoms with Crippen molar-refractivity contribution in [2.75, 3.05) is 0 Å². The summed E-state index contributed by atoms with van der Waals surface area (Å²) in [6, 6.07) is 11.4. The van der Waals surface area contributed by atoms with Crippen LogP contribution in [0.25, 0.3) is 21.9 Å². The number of rotatable bonds is 4. The molecule has 0 aliphatic carbocycles. The number of carboxylic acid groups (broad SMARTS) is 1. The minimum Gasteiger partial charge on any atom is -0.507 e. The third-order valence-corrected chi connectivity index (χ3v) is 4.88. The van der Waals surface area contributed by atoms with E-state index in [0.717, 1.165) is 26.9 Å². The Hall–Kier alpha value is -2.66. The number of thiazole rings is 1. The number of para-hydroxylation sites is 1. The van der Waals surface area contributed by atoms with Crippen LogP contribution in [0.5, 0.6) is 5.75 Å². The number of phenolic OH excluding ortho intramolecular Hbond substituents is 1. The number of carbonyl (C=O) groups is 1. The van der Waals surface area contributed by atoms with Crippen molar-refractivity contribution in [2.24, 2.45) is 0 Å². The van der Waals surface area contributed by atoms with E-state index in [0.29, 0.717) is 10.6 Å². The van der Waals surface area contributed by atoms with Crippen molar-refractivity contribution < 1.29 is 15.0 Å². The smallest absolute Gasteiger partial charge is 0.307 e. The highest BCUT2D eigenvalue weighted by Crippen LogP contribution is 2.31. The monoisotopic (exact) mass is 339 g/mol. The molecule has 0 unspecified atom stereocenters. The van der Waals surface area contributed by atoms with Gasteiger partial charge in [-0.25, -0.2) is 4.98 Å². The maximum absolute atomic E-state index is 11.3. The minimum atomic E-state index is -0.896. The molecule has 1 heterocycles. The molecule has 0 spiro atoms. The van der Waals surface area contributed by atoms with E-state index in [9.17, 15) is 15.0 Å². The Morgan fingerprint density at radius 1 is 1.21 bits per heavy atom. The summed E-state index contributed by atoms with van der Waals surface area (Å²) in [5.41, 5.74) is 3.92. The van der Waals surface area contributed by atoms with Crippen LogP contribution in [0.15, 0.2) is 36.4 Å². The molecule has 24 heavy (non-hydrogen) atoms. The first-order chi connectivity index (χ1) is 11.4. The molecule has 0 bridgehead atoms.